The molecule has 1 aliphatic carbocycles. The number of nitrogens with zero attached hydrogens (tertiary/aromatic N) is 3. The topological polar surface area (TPSA) is 47.9 Å². The summed E-state index contributed by atoms with van der Waals surface area (Å²) in [5, 5.41) is 3.43. The second kappa shape index (κ2) is 10.3. The van der Waals surface area contributed by atoms with Crippen molar-refractivity contribution in [3.8, 4) is 0 Å². The van der Waals surface area contributed by atoms with Gasteiger partial charge in [-0.1, -0.05) is 26.2 Å². The molecule has 5 nitrogen and oxygen atoms in total. The average Bonchev–Trinajstić information content (AvgIpc) is 2.94. The SMILES string of the molecule is CCCCN(C)C(=NC)NCC1(C(=O)N(C)C)CCCC1.I. The van der Waals surface area contributed by atoms with Crippen molar-refractivity contribution >= 4 is 35.8 Å². The number of aliphatic imine (C=N–C) groups is 1. The molecular weight excluding hydrogens is 391 g/mol. The molecule has 0 radical (unpaired) electrons. The van der Waals surface area contributed by atoms with Gasteiger partial charge >= 0.3 is 0 Å². The molecule has 0 aromatic carbocycles. The molecule has 1 N–H and O–H groups in total. The Balaban J connectivity index is 0.00000441. The predicted octanol–water partition coefficient (Wildman–Crippen LogP) is 2.56. The highest BCUT2D eigenvalue weighted by molar-refractivity contribution is 14.0. The lowest BCUT2D eigenvalue weighted by atomic mass is 9.84. The van der Waals surface area contributed by atoms with Gasteiger partial charge < -0.3 is 15.1 Å². The van der Waals surface area contributed by atoms with E-state index in [1.165, 1.54) is 6.42 Å². The van der Waals surface area contributed by atoms with Gasteiger partial charge in [0.15, 0.2) is 5.96 Å². The third kappa shape index (κ3) is 5.59. The summed E-state index contributed by atoms with van der Waals surface area (Å²) in [6.07, 6.45) is 6.57. The van der Waals surface area contributed by atoms with Crippen molar-refractivity contribution in [1.82, 2.24) is 15.1 Å². The summed E-state index contributed by atoms with van der Waals surface area (Å²) in [5.41, 5.74) is -0.245. The van der Waals surface area contributed by atoms with Crippen LogP contribution in [0.5, 0.6) is 0 Å². The fraction of sp³-hybridized carbons (Fsp3) is 0.875. The van der Waals surface area contributed by atoms with Crippen LogP contribution in [0.2, 0.25) is 0 Å². The highest BCUT2D eigenvalue weighted by atomic mass is 127. The molecule has 0 spiro atoms. The maximum absolute atomic E-state index is 12.5. The normalized spacial score (nSPS) is 16.9. The number of halogens is 1. The van der Waals surface area contributed by atoms with Crippen LogP contribution in [0.15, 0.2) is 4.99 Å². The van der Waals surface area contributed by atoms with Crippen LogP contribution in [0.1, 0.15) is 45.4 Å². The Bertz CT molecular complexity index is 365. The first-order valence-corrected chi connectivity index (χ1v) is 8.10. The van der Waals surface area contributed by atoms with Crippen molar-refractivity contribution in [3.63, 3.8) is 0 Å². The summed E-state index contributed by atoms with van der Waals surface area (Å²) in [7, 11) is 7.56. The zero-order valence-corrected chi connectivity index (χ0v) is 17.1. The minimum absolute atomic E-state index is 0. The number of rotatable bonds is 6. The van der Waals surface area contributed by atoms with Crippen LogP contribution < -0.4 is 5.32 Å². The van der Waals surface area contributed by atoms with E-state index in [0.717, 1.165) is 44.6 Å². The third-order valence-electron chi connectivity index (χ3n) is 4.43. The molecule has 1 fully saturated rings. The smallest absolute Gasteiger partial charge is 0.230 e. The Morgan fingerprint density at radius 1 is 1.23 bits per heavy atom. The highest BCUT2D eigenvalue weighted by Crippen LogP contribution is 2.38. The third-order valence-corrected chi connectivity index (χ3v) is 4.43. The van der Waals surface area contributed by atoms with Crippen LogP contribution >= 0.6 is 24.0 Å². The molecule has 0 aromatic heterocycles. The molecule has 130 valence electrons. The number of amides is 1. The van der Waals surface area contributed by atoms with E-state index in [0.29, 0.717) is 6.54 Å². The number of hydrogen-bond acceptors (Lipinski definition) is 2. The van der Waals surface area contributed by atoms with Gasteiger partial charge in [0.05, 0.1) is 5.41 Å². The van der Waals surface area contributed by atoms with E-state index >= 15 is 0 Å². The van der Waals surface area contributed by atoms with E-state index in [1.807, 2.05) is 14.1 Å². The zero-order valence-electron chi connectivity index (χ0n) is 14.8. The summed E-state index contributed by atoms with van der Waals surface area (Å²) >= 11 is 0. The van der Waals surface area contributed by atoms with E-state index < -0.39 is 0 Å². The average molecular weight is 424 g/mol. The van der Waals surface area contributed by atoms with Crippen LogP contribution in [0.4, 0.5) is 0 Å². The summed E-state index contributed by atoms with van der Waals surface area (Å²) in [4.78, 5) is 20.8. The minimum Gasteiger partial charge on any atom is -0.355 e. The number of hydrogen-bond donors (Lipinski definition) is 1. The molecule has 6 heteroatoms. The van der Waals surface area contributed by atoms with Crippen molar-refractivity contribution in [2.45, 2.75) is 45.4 Å². The van der Waals surface area contributed by atoms with Gasteiger partial charge in [-0.3, -0.25) is 9.79 Å². The molecule has 22 heavy (non-hydrogen) atoms. The van der Waals surface area contributed by atoms with Gasteiger partial charge in [-0.15, -0.1) is 24.0 Å². The Kier molecular flexibility index (Phi) is 10.0. The highest BCUT2D eigenvalue weighted by Gasteiger charge is 2.42. The van der Waals surface area contributed by atoms with E-state index in [9.17, 15) is 4.79 Å². The Morgan fingerprint density at radius 2 is 1.82 bits per heavy atom. The molecule has 0 bridgehead atoms. The summed E-state index contributed by atoms with van der Waals surface area (Å²) in [6.45, 7) is 3.87. The van der Waals surface area contributed by atoms with Gasteiger partial charge in [-0.05, 0) is 19.3 Å². The van der Waals surface area contributed by atoms with E-state index in [2.05, 4.69) is 29.2 Å². The van der Waals surface area contributed by atoms with Gasteiger partial charge in [-0.25, -0.2) is 0 Å². The van der Waals surface area contributed by atoms with Crippen molar-refractivity contribution in [3.05, 3.63) is 0 Å². The van der Waals surface area contributed by atoms with Gasteiger partial charge in [-0.2, -0.15) is 0 Å². The summed E-state index contributed by atoms with van der Waals surface area (Å²) in [5.74, 6) is 1.14. The number of carbonyl (C=O) groups is 1. The van der Waals surface area contributed by atoms with Crippen molar-refractivity contribution in [1.29, 1.82) is 0 Å². The van der Waals surface area contributed by atoms with Gasteiger partial charge in [0.2, 0.25) is 5.91 Å². The van der Waals surface area contributed by atoms with Crippen LogP contribution in [0.3, 0.4) is 0 Å². The molecule has 1 rings (SSSR count). The van der Waals surface area contributed by atoms with Crippen LogP contribution in [-0.2, 0) is 4.79 Å². The number of guanidine groups is 1. The molecule has 0 unspecified atom stereocenters. The van der Waals surface area contributed by atoms with Gasteiger partial charge in [0.1, 0.15) is 0 Å². The molecule has 0 saturated heterocycles. The predicted molar refractivity (Wildman–Crippen MR) is 104 cm³/mol. The van der Waals surface area contributed by atoms with E-state index in [-0.39, 0.29) is 35.3 Å². The fourth-order valence-electron chi connectivity index (χ4n) is 3.13. The molecule has 0 aromatic rings. The molecule has 1 amide bonds. The molecule has 1 aliphatic rings. The molecule has 0 heterocycles. The quantitative estimate of drug-likeness (QED) is 0.405. The largest absolute Gasteiger partial charge is 0.355 e. The maximum atomic E-state index is 12.5. The lowest BCUT2D eigenvalue weighted by molar-refractivity contribution is -0.138. The van der Waals surface area contributed by atoms with Crippen LogP contribution in [-0.4, -0.2) is 62.9 Å². The fourth-order valence-corrected chi connectivity index (χ4v) is 3.13. The first kappa shape index (κ1) is 21.5. The molecular formula is C16H33IN4O. The molecule has 0 aliphatic heterocycles. The second-order valence-electron chi connectivity index (χ2n) is 6.36. The van der Waals surface area contributed by atoms with Gasteiger partial charge in [0.25, 0.3) is 0 Å². The van der Waals surface area contributed by atoms with E-state index in [4.69, 9.17) is 0 Å². The minimum atomic E-state index is -0.245. The standard InChI is InChI=1S/C16H32N4O.HI/c1-6-7-12-20(5)15(17-2)18-13-16(10-8-9-11-16)14(21)19(3)4;/h6-13H2,1-5H3,(H,17,18);1H. The first-order valence-electron chi connectivity index (χ1n) is 8.10. The Labute approximate surface area is 152 Å². The van der Waals surface area contributed by atoms with Crippen molar-refractivity contribution in [2.24, 2.45) is 10.4 Å². The Hall–Kier alpha value is -0.530. The number of carbonyl (C=O) groups excluding carboxylic acids is 1. The summed E-state index contributed by atoms with van der Waals surface area (Å²) in [6, 6.07) is 0. The Morgan fingerprint density at radius 3 is 2.27 bits per heavy atom. The number of nitrogens with one attached hydrogen (secondary N) is 1. The number of unbranched alkanes of at least 4 members (excludes halogenated alkanes) is 1. The monoisotopic (exact) mass is 424 g/mol. The van der Waals surface area contributed by atoms with Crippen molar-refractivity contribution < 1.29 is 4.79 Å². The lowest BCUT2D eigenvalue weighted by Crippen LogP contribution is -2.49. The molecule has 1 saturated carbocycles. The van der Waals surface area contributed by atoms with Crippen LogP contribution in [0.25, 0.3) is 0 Å². The van der Waals surface area contributed by atoms with Gasteiger partial charge in [0, 0.05) is 41.3 Å². The summed E-state index contributed by atoms with van der Waals surface area (Å²) < 4.78 is 0. The first-order chi connectivity index (χ1) is 9.96. The van der Waals surface area contributed by atoms with Crippen molar-refractivity contribution in [2.75, 3.05) is 41.3 Å². The van der Waals surface area contributed by atoms with E-state index in [1.54, 1.807) is 11.9 Å². The lowest BCUT2D eigenvalue weighted by Gasteiger charge is -2.32. The zero-order chi connectivity index (χ0) is 15.9. The second-order valence-corrected chi connectivity index (χ2v) is 6.36. The molecule has 0 atom stereocenters. The van der Waals surface area contributed by atoms with Crippen LogP contribution in [0, 0.1) is 5.41 Å². The maximum Gasteiger partial charge on any atom is 0.230 e.